The Hall–Kier alpha value is -2.27. The van der Waals surface area contributed by atoms with Crippen LogP contribution in [0, 0.1) is 16.7 Å². The zero-order chi connectivity index (χ0) is 18.8. The van der Waals surface area contributed by atoms with Crippen LogP contribution < -0.4 is 4.74 Å². The first kappa shape index (κ1) is 19.1. The van der Waals surface area contributed by atoms with Gasteiger partial charge < -0.3 is 14.4 Å². The minimum Gasteiger partial charge on any atom is -0.480 e. The summed E-state index contributed by atoms with van der Waals surface area (Å²) in [5.74, 6) is -0.383. The average Bonchev–Trinajstić information content (AvgIpc) is 2.75. The molecule has 1 aliphatic rings. The van der Waals surface area contributed by atoms with Crippen molar-refractivity contribution in [3.05, 3.63) is 29.3 Å². The van der Waals surface area contributed by atoms with Crippen molar-refractivity contribution in [2.45, 2.75) is 26.1 Å². The topological polar surface area (TPSA) is 62.6 Å². The van der Waals surface area contributed by atoms with E-state index >= 15 is 0 Å². The number of nitrogens with zero attached hydrogens (tertiary/aromatic N) is 2. The predicted molar refractivity (Wildman–Crippen MR) is 82.8 cm³/mol. The molecule has 0 aromatic heterocycles. The maximum atomic E-state index is 13.1. The number of amides is 1. The van der Waals surface area contributed by atoms with Crippen LogP contribution >= 0.6 is 0 Å². The molecule has 2 rings (SSSR count). The quantitative estimate of drug-likeness (QED) is 0.814. The van der Waals surface area contributed by atoms with Crippen molar-refractivity contribution in [3.63, 3.8) is 0 Å². The Kier molecular flexibility index (Phi) is 5.28. The highest BCUT2D eigenvalue weighted by Gasteiger charge is 2.48. The molecule has 1 atom stereocenters. The third-order valence-electron chi connectivity index (χ3n) is 4.08. The smallest absolute Gasteiger partial charge is 0.417 e. The lowest BCUT2D eigenvalue weighted by molar-refractivity contribution is -0.138. The van der Waals surface area contributed by atoms with Crippen LogP contribution in [0.1, 0.15) is 25.0 Å². The van der Waals surface area contributed by atoms with Crippen LogP contribution in [-0.2, 0) is 15.7 Å². The number of carbonyl (C=O) groups is 1. The summed E-state index contributed by atoms with van der Waals surface area (Å²) in [6.45, 7) is 4.80. The predicted octanol–water partition coefficient (Wildman–Crippen LogP) is 2.84. The van der Waals surface area contributed by atoms with E-state index in [-0.39, 0.29) is 11.7 Å². The second kappa shape index (κ2) is 6.92. The summed E-state index contributed by atoms with van der Waals surface area (Å²) in [4.78, 5) is 14.1. The van der Waals surface area contributed by atoms with E-state index in [4.69, 9.17) is 14.7 Å². The highest BCUT2D eigenvalue weighted by Crippen LogP contribution is 2.37. The van der Waals surface area contributed by atoms with Gasteiger partial charge in [0.15, 0.2) is 6.10 Å². The van der Waals surface area contributed by atoms with Gasteiger partial charge in [0, 0.05) is 25.6 Å². The number of rotatable bonds is 5. The number of methoxy groups -OCH3 is 1. The van der Waals surface area contributed by atoms with Crippen LogP contribution in [0.15, 0.2) is 18.2 Å². The van der Waals surface area contributed by atoms with Crippen molar-refractivity contribution in [1.29, 1.82) is 5.26 Å². The Bertz CT molecular complexity index is 695. The van der Waals surface area contributed by atoms with E-state index in [1.165, 1.54) is 19.2 Å². The van der Waals surface area contributed by atoms with Gasteiger partial charge in [-0.2, -0.15) is 18.4 Å². The molecule has 0 N–H and O–H groups in total. The lowest BCUT2D eigenvalue weighted by Gasteiger charge is -2.24. The number of hydrogen-bond donors (Lipinski definition) is 0. The Balaban J connectivity index is 2.27. The molecule has 0 spiro atoms. The number of ether oxygens (including phenoxy) is 2. The van der Waals surface area contributed by atoms with Crippen molar-refractivity contribution < 1.29 is 27.4 Å². The van der Waals surface area contributed by atoms with Crippen molar-refractivity contribution in [2.75, 3.05) is 26.8 Å². The molecule has 1 amide bonds. The Morgan fingerprint density at radius 3 is 2.64 bits per heavy atom. The number of hydrogen-bond acceptors (Lipinski definition) is 4. The first-order valence-electron chi connectivity index (χ1n) is 7.66. The Labute approximate surface area is 143 Å². The lowest BCUT2D eigenvalue weighted by atomic mass is 9.89. The summed E-state index contributed by atoms with van der Waals surface area (Å²) in [6, 6.07) is 4.60. The normalized spacial score (nSPS) is 19.8. The van der Waals surface area contributed by atoms with Crippen molar-refractivity contribution in [2.24, 2.45) is 5.41 Å². The molecule has 1 aromatic rings. The van der Waals surface area contributed by atoms with E-state index in [2.05, 4.69) is 0 Å². The van der Waals surface area contributed by atoms with Crippen molar-refractivity contribution >= 4 is 5.91 Å². The van der Waals surface area contributed by atoms with Crippen LogP contribution in [0.3, 0.4) is 0 Å². The van der Waals surface area contributed by atoms with Gasteiger partial charge >= 0.3 is 6.18 Å². The average molecular weight is 356 g/mol. The standard InChI is InChI=1S/C17H19F3N2O3/c1-16(2)10-22(6-7-24-3)15(23)14(16)25-12-5-4-11(9-21)13(8-12)17(18,19)20/h4-5,8,14H,6-7,10H2,1-3H3. The molecule has 0 saturated carbocycles. The summed E-state index contributed by atoms with van der Waals surface area (Å²) in [5.41, 5.74) is -2.14. The van der Waals surface area contributed by atoms with Crippen LogP contribution in [0.4, 0.5) is 13.2 Å². The number of halogens is 3. The Morgan fingerprint density at radius 1 is 1.40 bits per heavy atom. The molecular formula is C17H19F3N2O3. The summed E-state index contributed by atoms with van der Waals surface area (Å²) >= 11 is 0. The highest BCUT2D eigenvalue weighted by atomic mass is 19.4. The SMILES string of the molecule is COCCN1CC(C)(C)C(Oc2ccc(C#N)c(C(F)(F)F)c2)C1=O. The molecular weight excluding hydrogens is 337 g/mol. The first-order valence-corrected chi connectivity index (χ1v) is 7.66. The van der Waals surface area contributed by atoms with Crippen molar-refractivity contribution in [3.8, 4) is 11.8 Å². The number of carbonyl (C=O) groups excluding carboxylic acids is 1. The lowest BCUT2D eigenvalue weighted by Crippen LogP contribution is -2.37. The van der Waals surface area contributed by atoms with Crippen LogP contribution in [-0.4, -0.2) is 43.7 Å². The molecule has 8 heteroatoms. The molecule has 1 unspecified atom stereocenters. The third-order valence-corrected chi connectivity index (χ3v) is 4.08. The highest BCUT2D eigenvalue weighted by molar-refractivity contribution is 5.84. The van der Waals surface area contributed by atoms with Crippen LogP contribution in [0.5, 0.6) is 5.75 Å². The fourth-order valence-electron chi connectivity index (χ4n) is 2.82. The molecule has 0 aliphatic carbocycles. The van der Waals surface area contributed by atoms with Gasteiger partial charge in [-0.1, -0.05) is 13.8 Å². The van der Waals surface area contributed by atoms with Crippen LogP contribution in [0.25, 0.3) is 0 Å². The monoisotopic (exact) mass is 356 g/mol. The maximum Gasteiger partial charge on any atom is 0.417 e. The third kappa shape index (κ3) is 4.04. The summed E-state index contributed by atoms with van der Waals surface area (Å²) < 4.78 is 49.8. The molecule has 1 saturated heterocycles. The number of benzene rings is 1. The minimum absolute atomic E-state index is 0.0914. The molecule has 0 radical (unpaired) electrons. The van der Waals surface area contributed by atoms with Crippen molar-refractivity contribution in [1.82, 2.24) is 4.90 Å². The van der Waals surface area contributed by atoms with E-state index in [0.29, 0.717) is 19.7 Å². The van der Waals surface area contributed by atoms with Gasteiger partial charge in [-0.25, -0.2) is 0 Å². The Morgan fingerprint density at radius 2 is 2.08 bits per heavy atom. The fourth-order valence-corrected chi connectivity index (χ4v) is 2.82. The molecule has 25 heavy (non-hydrogen) atoms. The molecule has 5 nitrogen and oxygen atoms in total. The molecule has 136 valence electrons. The van der Waals surface area contributed by atoms with Gasteiger partial charge in [0.05, 0.1) is 23.8 Å². The van der Waals surface area contributed by atoms with Gasteiger partial charge in [0.1, 0.15) is 5.75 Å². The second-order valence-electron chi connectivity index (χ2n) is 6.56. The van der Waals surface area contributed by atoms with Gasteiger partial charge in [-0.15, -0.1) is 0 Å². The molecule has 1 aliphatic heterocycles. The first-order chi connectivity index (χ1) is 11.6. The van der Waals surface area contributed by atoms with E-state index in [0.717, 1.165) is 12.1 Å². The van der Waals surface area contributed by atoms with E-state index < -0.39 is 28.8 Å². The largest absolute Gasteiger partial charge is 0.480 e. The molecule has 0 bridgehead atoms. The van der Waals surface area contributed by atoms with E-state index in [1.54, 1.807) is 4.90 Å². The minimum atomic E-state index is -4.68. The number of likely N-dealkylation sites (tertiary alicyclic amines) is 1. The van der Waals surface area contributed by atoms with Gasteiger partial charge in [0.25, 0.3) is 5.91 Å². The molecule has 1 heterocycles. The fraction of sp³-hybridized carbons (Fsp3) is 0.529. The zero-order valence-corrected chi connectivity index (χ0v) is 14.2. The van der Waals surface area contributed by atoms with Crippen LogP contribution in [0.2, 0.25) is 0 Å². The number of nitriles is 1. The van der Waals surface area contributed by atoms with Gasteiger partial charge in [-0.05, 0) is 18.2 Å². The zero-order valence-electron chi connectivity index (χ0n) is 14.2. The van der Waals surface area contributed by atoms with E-state index in [9.17, 15) is 18.0 Å². The maximum absolute atomic E-state index is 13.1. The van der Waals surface area contributed by atoms with E-state index in [1.807, 2.05) is 13.8 Å². The summed E-state index contributed by atoms with van der Waals surface area (Å²) in [6.07, 6.45) is -5.58. The molecule has 1 fully saturated rings. The molecule has 1 aromatic carbocycles. The second-order valence-corrected chi connectivity index (χ2v) is 6.56. The van der Waals surface area contributed by atoms with Gasteiger partial charge in [0.2, 0.25) is 0 Å². The summed E-state index contributed by atoms with van der Waals surface area (Å²) in [5, 5.41) is 8.84. The number of alkyl halides is 3. The van der Waals surface area contributed by atoms with Gasteiger partial charge in [-0.3, -0.25) is 4.79 Å². The summed E-state index contributed by atoms with van der Waals surface area (Å²) in [7, 11) is 1.52.